The van der Waals surface area contributed by atoms with Crippen LogP contribution in [-0.2, 0) is 9.84 Å². The summed E-state index contributed by atoms with van der Waals surface area (Å²) in [5, 5.41) is 9.31. The summed E-state index contributed by atoms with van der Waals surface area (Å²) in [7, 11) is -2.92. The van der Waals surface area contributed by atoms with Crippen LogP contribution in [0.4, 0.5) is 0 Å². The van der Waals surface area contributed by atoms with Crippen molar-refractivity contribution < 1.29 is 8.42 Å². The maximum atomic E-state index is 10.9. The highest BCUT2D eigenvalue weighted by atomic mass is 32.2. The molecule has 0 fully saturated rings. The monoisotopic (exact) mass is 242 g/mol. The first-order chi connectivity index (χ1) is 7.01. The van der Waals surface area contributed by atoms with E-state index >= 15 is 0 Å². The summed E-state index contributed by atoms with van der Waals surface area (Å²) < 4.78 is 21.7. The molecule has 1 heterocycles. The zero-order chi connectivity index (χ0) is 11.3. The average molecular weight is 242 g/mol. The van der Waals surface area contributed by atoms with Crippen molar-refractivity contribution >= 4 is 21.6 Å². The van der Waals surface area contributed by atoms with Gasteiger partial charge in [0, 0.05) is 18.2 Å². The van der Waals surface area contributed by atoms with Crippen molar-refractivity contribution in [3.05, 3.63) is 23.9 Å². The van der Waals surface area contributed by atoms with Crippen molar-refractivity contribution in [2.24, 2.45) is 0 Å². The number of hydrogen-bond acceptors (Lipinski definition) is 5. The molecule has 0 aliphatic carbocycles. The van der Waals surface area contributed by atoms with Crippen LogP contribution >= 0.6 is 11.8 Å². The number of hydrogen-bond donors (Lipinski definition) is 0. The third kappa shape index (κ3) is 4.81. The van der Waals surface area contributed by atoms with Gasteiger partial charge >= 0.3 is 0 Å². The number of sulfone groups is 1. The third-order valence-electron chi connectivity index (χ3n) is 1.57. The van der Waals surface area contributed by atoms with Gasteiger partial charge in [0.15, 0.2) is 0 Å². The van der Waals surface area contributed by atoms with E-state index in [0.29, 0.717) is 16.3 Å². The molecule has 0 N–H and O–H groups in total. The second-order valence-electron chi connectivity index (χ2n) is 2.97. The molecule has 6 heteroatoms. The molecule has 1 aromatic heterocycles. The Morgan fingerprint density at radius 1 is 1.60 bits per heavy atom. The first-order valence-corrected chi connectivity index (χ1v) is 7.22. The van der Waals surface area contributed by atoms with Crippen molar-refractivity contribution in [1.29, 1.82) is 5.26 Å². The van der Waals surface area contributed by atoms with Crippen LogP contribution < -0.4 is 0 Å². The van der Waals surface area contributed by atoms with Crippen LogP contribution in [0.3, 0.4) is 0 Å². The molecule has 0 unspecified atom stereocenters. The van der Waals surface area contributed by atoms with Gasteiger partial charge in [-0.2, -0.15) is 5.26 Å². The molecule has 1 aromatic rings. The summed E-state index contributed by atoms with van der Waals surface area (Å²) in [6.45, 7) is 0. The molecule has 0 radical (unpaired) electrons. The van der Waals surface area contributed by atoms with E-state index in [0.717, 1.165) is 0 Å². The highest BCUT2D eigenvalue weighted by molar-refractivity contribution is 8.00. The number of nitrogens with zero attached hydrogens (tertiary/aromatic N) is 2. The lowest BCUT2D eigenvalue weighted by molar-refractivity contribution is 0.603. The van der Waals surface area contributed by atoms with Crippen molar-refractivity contribution in [3.8, 4) is 6.07 Å². The van der Waals surface area contributed by atoms with Gasteiger partial charge in [-0.1, -0.05) is 0 Å². The number of nitriles is 1. The SMILES string of the molecule is CS(=O)(=O)CCSc1cc(C#N)ccn1. The summed E-state index contributed by atoms with van der Waals surface area (Å²) in [5.74, 6) is 0.580. The minimum Gasteiger partial charge on any atom is -0.250 e. The molecular formula is C9H10N2O2S2. The number of pyridine rings is 1. The number of thioether (sulfide) groups is 1. The highest BCUT2D eigenvalue weighted by Crippen LogP contribution is 2.15. The van der Waals surface area contributed by atoms with Gasteiger partial charge in [0.1, 0.15) is 9.84 Å². The smallest absolute Gasteiger partial charge is 0.148 e. The predicted octanol–water partition coefficient (Wildman–Crippen LogP) is 1.09. The van der Waals surface area contributed by atoms with Gasteiger partial charge in [0.25, 0.3) is 0 Å². The Labute approximate surface area is 93.3 Å². The summed E-state index contributed by atoms with van der Waals surface area (Å²) >= 11 is 1.34. The Bertz CT molecular complexity index is 477. The fourth-order valence-electron chi connectivity index (χ4n) is 0.856. The van der Waals surface area contributed by atoms with E-state index in [1.165, 1.54) is 18.0 Å². The molecule has 0 atom stereocenters. The molecule has 0 amide bonds. The number of aromatic nitrogens is 1. The number of rotatable bonds is 4. The maximum absolute atomic E-state index is 10.9. The zero-order valence-corrected chi connectivity index (χ0v) is 9.81. The van der Waals surface area contributed by atoms with Gasteiger partial charge in [-0.15, -0.1) is 11.8 Å². The molecule has 1 rings (SSSR count). The zero-order valence-electron chi connectivity index (χ0n) is 8.17. The second kappa shape index (κ2) is 5.14. The summed E-state index contributed by atoms with van der Waals surface area (Å²) in [4.78, 5) is 4.02. The van der Waals surface area contributed by atoms with Crippen LogP contribution in [0.25, 0.3) is 0 Å². The minimum absolute atomic E-state index is 0.121. The van der Waals surface area contributed by atoms with Gasteiger partial charge in [-0.25, -0.2) is 13.4 Å². The van der Waals surface area contributed by atoms with E-state index in [1.54, 1.807) is 18.3 Å². The van der Waals surface area contributed by atoms with Gasteiger partial charge in [-0.3, -0.25) is 0 Å². The van der Waals surface area contributed by atoms with Crippen LogP contribution in [0.1, 0.15) is 5.56 Å². The Hall–Kier alpha value is -1.06. The molecule has 0 aliphatic rings. The Kier molecular flexibility index (Phi) is 4.12. The molecule has 80 valence electrons. The van der Waals surface area contributed by atoms with Crippen LogP contribution in [0.15, 0.2) is 23.4 Å². The molecular weight excluding hydrogens is 232 g/mol. The van der Waals surface area contributed by atoms with Crippen LogP contribution in [0.5, 0.6) is 0 Å². The van der Waals surface area contributed by atoms with Crippen molar-refractivity contribution in [3.63, 3.8) is 0 Å². The Morgan fingerprint density at radius 2 is 2.33 bits per heavy atom. The van der Waals surface area contributed by atoms with Crippen molar-refractivity contribution in [2.75, 3.05) is 17.8 Å². The van der Waals surface area contributed by atoms with Crippen LogP contribution in [-0.4, -0.2) is 31.2 Å². The van der Waals surface area contributed by atoms with E-state index in [9.17, 15) is 8.42 Å². The third-order valence-corrected chi connectivity index (χ3v) is 3.70. The average Bonchev–Trinajstić information content (AvgIpc) is 2.16. The first-order valence-electron chi connectivity index (χ1n) is 4.18. The summed E-state index contributed by atoms with van der Waals surface area (Å²) in [5.41, 5.74) is 0.534. The van der Waals surface area contributed by atoms with Gasteiger partial charge in [0.05, 0.1) is 22.4 Å². The molecule has 0 aromatic carbocycles. The Balaban J connectivity index is 2.55. The Morgan fingerprint density at radius 3 is 2.93 bits per heavy atom. The fraction of sp³-hybridized carbons (Fsp3) is 0.333. The molecule has 0 aliphatic heterocycles. The molecule has 15 heavy (non-hydrogen) atoms. The molecule has 0 bridgehead atoms. The maximum Gasteiger partial charge on any atom is 0.148 e. The second-order valence-corrected chi connectivity index (χ2v) is 6.35. The van der Waals surface area contributed by atoms with Gasteiger partial charge in [0.2, 0.25) is 0 Å². The van der Waals surface area contributed by atoms with E-state index in [4.69, 9.17) is 5.26 Å². The summed E-state index contributed by atoms with van der Waals surface area (Å²) in [6.07, 6.45) is 2.74. The highest BCUT2D eigenvalue weighted by Gasteiger charge is 2.03. The lowest BCUT2D eigenvalue weighted by Crippen LogP contribution is -2.05. The van der Waals surface area contributed by atoms with Crippen molar-refractivity contribution in [2.45, 2.75) is 5.03 Å². The minimum atomic E-state index is -2.92. The standard InChI is InChI=1S/C9H10N2O2S2/c1-15(12,13)5-4-14-9-6-8(7-10)2-3-11-9/h2-3,6H,4-5H2,1H3. The lowest BCUT2D eigenvalue weighted by atomic mass is 10.3. The molecule has 0 spiro atoms. The topological polar surface area (TPSA) is 70.8 Å². The predicted molar refractivity (Wildman–Crippen MR) is 59.4 cm³/mol. The van der Waals surface area contributed by atoms with E-state index in [1.807, 2.05) is 6.07 Å². The van der Waals surface area contributed by atoms with E-state index in [-0.39, 0.29) is 5.75 Å². The molecule has 0 saturated heterocycles. The first kappa shape index (κ1) is 12.0. The van der Waals surface area contributed by atoms with Crippen molar-refractivity contribution in [1.82, 2.24) is 4.98 Å². The normalized spacial score (nSPS) is 10.9. The fourth-order valence-corrected chi connectivity index (χ4v) is 2.95. The lowest BCUT2D eigenvalue weighted by Gasteiger charge is -1.99. The quantitative estimate of drug-likeness (QED) is 0.739. The molecule has 4 nitrogen and oxygen atoms in total. The largest absolute Gasteiger partial charge is 0.250 e. The summed E-state index contributed by atoms with van der Waals surface area (Å²) in [6, 6.07) is 5.26. The van der Waals surface area contributed by atoms with Crippen LogP contribution in [0, 0.1) is 11.3 Å². The van der Waals surface area contributed by atoms with Gasteiger partial charge < -0.3 is 0 Å². The van der Waals surface area contributed by atoms with Crippen LogP contribution in [0.2, 0.25) is 0 Å². The van der Waals surface area contributed by atoms with E-state index in [2.05, 4.69) is 4.98 Å². The molecule has 0 saturated carbocycles. The van der Waals surface area contributed by atoms with Gasteiger partial charge in [-0.05, 0) is 12.1 Å². The van der Waals surface area contributed by atoms with E-state index < -0.39 is 9.84 Å².